The van der Waals surface area contributed by atoms with Gasteiger partial charge in [0.15, 0.2) is 0 Å². The first-order chi connectivity index (χ1) is 9.19. The van der Waals surface area contributed by atoms with Gasteiger partial charge in [-0.2, -0.15) is 0 Å². The first-order valence-electron chi connectivity index (χ1n) is 6.84. The Morgan fingerprint density at radius 3 is 2.63 bits per heavy atom. The number of furan rings is 1. The van der Waals surface area contributed by atoms with E-state index in [0.717, 1.165) is 17.1 Å². The number of nitrogens with one attached hydrogen (secondary N) is 1. The van der Waals surface area contributed by atoms with Crippen molar-refractivity contribution >= 4 is 0 Å². The van der Waals surface area contributed by atoms with E-state index in [0.29, 0.717) is 0 Å². The van der Waals surface area contributed by atoms with Crippen LogP contribution in [0.5, 0.6) is 0 Å². The Bertz CT molecular complexity index is 601. The van der Waals surface area contributed by atoms with E-state index >= 15 is 0 Å². The molecule has 3 nitrogen and oxygen atoms in total. The molecular weight excluding hydrogens is 236 g/mol. The molecule has 3 heteroatoms. The highest BCUT2D eigenvalue weighted by molar-refractivity contribution is 5.41. The van der Waals surface area contributed by atoms with Crippen LogP contribution < -0.4 is 11.3 Å². The molecule has 1 aromatic heterocycles. The normalized spacial score (nSPS) is 15.5. The monoisotopic (exact) mass is 256 g/mol. The predicted octanol–water partition coefficient (Wildman–Crippen LogP) is 2.94. The van der Waals surface area contributed by atoms with Crippen LogP contribution in [0.1, 0.15) is 46.2 Å². The van der Waals surface area contributed by atoms with Crippen LogP contribution in [0.15, 0.2) is 28.7 Å². The lowest BCUT2D eigenvalue weighted by Crippen LogP contribution is -2.29. The molecule has 0 saturated heterocycles. The third-order valence-electron chi connectivity index (χ3n) is 4.01. The van der Waals surface area contributed by atoms with Crippen LogP contribution in [0.4, 0.5) is 0 Å². The van der Waals surface area contributed by atoms with E-state index in [4.69, 9.17) is 10.3 Å². The van der Waals surface area contributed by atoms with Gasteiger partial charge in [0, 0.05) is 5.56 Å². The van der Waals surface area contributed by atoms with Crippen molar-refractivity contribution in [2.75, 3.05) is 0 Å². The fourth-order valence-corrected chi connectivity index (χ4v) is 3.07. The Labute approximate surface area is 113 Å². The Hall–Kier alpha value is -1.58. The van der Waals surface area contributed by atoms with Gasteiger partial charge in [-0.05, 0) is 55.9 Å². The second-order valence-electron chi connectivity index (χ2n) is 5.35. The quantitative estimate of drug-likeness (QED) is 0.655. The first kappa shape index (κ1) is 12.5. The highest BCUT2D eigenvalue weighted by Crippen LogP contribution is 2.30. The Morgan fingerprint density at radius 2 is 1.95 bits per heavy atom. The fourth-order valence-electron chi connectivity index (χ4n) is 3.07. The minimum Gasteiger partial charge on any atom is -0.466 e. The number of rotatable bonds is 3. The lowest BCUT2D eigenvalue weighted by molar-refractivity contribution is 0.495. The SMILES string of the molecule is Cc1cc(C(NN)c2ccc3c(c2)CCC3)c(C)o1. The first-order valence-corrected chi connectivity index (χ1v) is 6.84. The van der Waals surface area contributed by atoms with Crippen LogP contribution in [0.25, 0.3) is 0 Å². The molecule has 0 amide bonds. The molecule has 3 N–H and O–H groups in total. The van der Waals surface area contributed by atoms with Gasteiger partial charge in [0.2, 0.25) is 0 Å². The average molecular weight is 256 g/mol. The van der Waals surface area contributed by atoms with Crippen molar-refractivity contribution in [2.24, 2.45) is 5.84 Å². The zero-order valence-corrected chi connectivity index (χ0v) is 11.5. The Morgan fingerprint density at radius 1 is 1.16 bits per heavy atom. The van der Waals surface area contributed by atoms with E-state index in [1.165, 1.54) is 36.0 Å². The summed E-state index contributed by atoms with van der Waals surface area (Å²) in [6, 6.07) is 8.77. The molecule has 0 saturated carbocycles. The average Bonchev–Trinajstić information content (AvgIpc) is 2.97. The fraction of sp³-hybridized carbons (Fsp3) is 0.375. The molecular formula is C16H20N2O. The van der Waals surface area contributed by atoms with E-state index < -0.39 is 0 Å². The van der Waals surface area contributed by atoms with Gasteiger partial charge in [-0.3, -0.25) is 5.84 Å². The third-order valence-corrected chi connectivity index (χ3v) is 4.01. The van der Waals surface area contributed by atoms with Gasteiger partial charge in [-0.25, -0.2) is 5.43 Å². The number of aryl methyl sites for hydroxylation is 4. The summed E-state index contributed by atoms with van der Waals surface area (Å²) in [6.45, 7) is 3.95. The molecule has 1 atom stereocenters. The molecule has 1 aliphatic rings. The van der Waals surface area contributed by atoms with Crippen LogP contribution in [0.2, 0.25) is 0 Å². The van der Waals surface area contributed by atoms with Gasteiger partial charge in [0.1, 0.15) is 11.5 Å². The van der Waals surface area contributed by atoms with Crippen molar-refractivity contribution in [3.63, 3.8) is 0 Å². The molecule has 100 valence electrons. The number of benzene rings is 1. The van der Waals surface area contributed by atoms with Gasteiger partial charge < -0.3 is 4.42 Å². The zero-order valence-electron chi connectivity index (χ0n) is 11.5. The summed E-state index contributed by atoms with van der Waals surface area (Å²) in [5.41, 5.74) is 8.21. The highest BCUT2D eigenvalue weighted by Gasteiger charge is 2.20. The minimum absolute atomic E-state index is 0.00310. The number of nitrogens with two attached hydrogens (primary N) is 1. The molecule has 0 spiro atoms. The molecule has 0 radical (unpaired) electrons. The van der Waals surface area contributed by atoms with Crippen LogP contribution in [-0.4, -0.2) is 0 Å². The number of hydrazine groups is 1. The molecule has 0 aliphatic heterocycles. The summed E-state index contributed by atoms with van der Waals surface area (Å²) in [5, 5.41) is 0. The van der Waals surface area contributed by atoms with Crippen LogP contribution in [-0.2, 0) is 12.8 Å². The van der Waals surface area contributed by atoms with Crippen molar-refractivity contribution in [3.05, 3.63) is 58.0 Å². The van der Waals surface area contributed by atoms with Gasteiger partial charge in [0.05, 0.1) is 6.04 Å². The van der Waals surface area contributed by atoms with E-state index in [2.05, 4.69) is 29.7 Å². The topological polar surface area (TPSA) is 51.2 Å². The zero-order chi connectivity index (χ0) is 13.4. The van der Waals surface area contributed by atoms with Crippen LogP contribution in [0.3, 0.4) is 0 Å². The maximum Gasteiger partial charge on any atom is 0.106 e. The summed E-state index contributed by atoms with van der Waals surface area (Å²) in [7, 11) is 0. The standard InChI is InChI=1S/C16H20N2O/c1-10-8-15(11(2)19-10)16(18-17)14-7-6-12-4-3-5-13(12)9-14/h6-9,16,18H,3-5,17H2,1-2H3. The van der Waals surface area contributed by atoms with Crippen molar-refractivity contribution in [1.82, 2.24) is 5.43 Å². The van der Waals surface area contributed by atoms with Gasteiger partial charge in [-0.1, -0.05) is 18.2 Å². The molecule has 2 aromatic rings. The molecule has 3 rings (SSSR count). The largest absolute Gasteiger partial charge is 0.466 e. The molecule has 19 heavy (non-hydrogen) atoms. The van der Waals surface area contributed by atoms with Crippen LogP contribution >= 0.6 is 0 Å². The summed E-state index contributed by atoms with van der Waals surface area (Å²) in [4.78, 5) is 0. The summed E-state index contributed by atoms with van der Waals surface area (Å²) in [6.07, 6.45) is 3.66. The predicted molar refractivity (Wildman–Crippen MR) is 75.8 cm³/mol. The van der Waals surface area contributed by atoms with E-state index in [1.54, 1.807) is 0 Å². The van der Waals surface area contributed by atoms with Gasteiger partial charge in [0.25, 0.3) is 0 Å². The van der Waals surface area contributed by atoms with E-state index in [9.17, 15) is 0 Å². The Kier molecular flexibility index (Phi) is 3.17. The second kappa shape index (κ2) is 4.83. The molecule has 1 heterocycles. The van der Waals surface area contributed by atoms with E-state index in [-0.39, 0.29) is 6.04 Å². The lowest BCUT2D eigenvalue weighted by Gasteiger charge is -2.17. The lowest BCUT2D eigenvalue weighted by atomic mass is 9.96. The van der Waals surface area contributed by atoms with Gasteiger partial charge >= 0.3 is 0 Å². The Balaban J connectivity index is 2.00. The van der Waals surface area contributed by atoms with Crippen molar-refractivity contribution < 1.29 is 4.42 Å². The molecule has 0 bridgehead atoms. The summed E-state index contributed by atoms with van der Waals surface area (Å²) < 4.78 is 5.62. The molecule has 1 aromatic carbocycles. The number of hydrogen-bond acceptors (Lipinski definition) is 3. The maximum atomic E-state index is 5.77. The summed E-state index contributed by atoms with van der Waals surface area (Å²) in [5.74, 6) is 7.62. The van der Waals surface area contributed by atoms with Crippen molar-refractivity contribution in [3.8, 4) is 0 Å². The maximum absolute atomic E-state index is 5.77. The molecule has 0 fully saturated rings. The van der Waals surface area contributed by atoms with Crippen molar-refractivity contribution in [2.45, 2.75) is 39.2 Å². The second-order valence-corrected chi connectivity index (χ2v) is 5.35. The molecule has 1 unspecified atom stereocenters. The third kappa shape index (κ3) is 2.20. The summed E-state index contributed by atoms with van der Waals surface area (Å²) >= 11 is 0. The minimum atomic E-state index is 0.00310. The number of hydrogen-bond donors (Lipinski definition) is 2. The number of fused-ring (bicyclic) bond motifs is 1. The van der Waals surface area contributed by atoms with E-state index in [1.807, 2.05) is 13.8 Å². The highest BCUT2D eigenvalue weighted by atomic mass is 16.3. The van der Waals surface area contributed by atoms with Crippen LogP contribution in [0, 0.1) is 13.8 Å². The van der Waals surface area contributed by atoms with Gasteiger partial charge in [-0.15, -0.1) is 0 Å². The molecule has 1 aliphatic carbocycles. The van der Waals surface area contributed by atoms with Crippen molar-refractivity contribution in [1.29, 1.82) is 0 Å². The smallest absolute Gasteiger partial charge is 0.106 e.